The molecule has 2 unspecified atom stereocenters. The van der Waals surface area contributed by atoms with Crippen LogP contribution >= 0.6 is 0 Å². The molecule has 2 rings (SSSR count). The van der Waals surface area contributed by atoms with Gasteiger partial charge in [-0.3, -0.25) is 4.90 Å². The number of aromatic nitrogens is 1. The Labute approximate surface area is 95.5 Å². The zero-order chi connectivity index (χ0) is 11.5. The zero-order valence-electron chi connectivity index (χ0n) is 9.85. The van der Waals surface area contributed by atoms with Gasteiger partial charge >= 0.3 is 0 Å². The summed E-state index contributed by atoms with van der Waals surface area (Å²) in [5.74, 6) is 0.876. The van der Waals surface area contributed by atoms with Crippen molar-refractivity contribution in [3.05, 3.63) is 17.5 Å². The summed E-state index contributed by atoms with van der Waals surface area (Å²) in [7, 11) is 0. The minimum absolute atomic E-state index is 0.285. The van der Waals surface area contributed by atoms with Gasteiger partial charge in [0.25, 0.3) is 0 Å². The monoisotopic (exact) mass is 225 g/mol. The van der Waals surface area contributed by atoms with E-state index in [2.05, 4.69) is 23.9 Å². The van der Waals surface area contributed by atoms with Gasteiger partial charge in [0.1, 0.15) is 0 Å². The number of nitrogens with two attached hydrogens (primary N) is 1. The standard InChI is InChI=1S/C11H19N3O2/c1-8-7-15-9(2)5-14(8)6-11-3-10(4-12)13-16-11/h3,8-9H,4-7,12H2,1-2H3. The lowest BCUT2D eigenvalue weighted by Crippen LogP contribution is -2.46. The quantitative estimate of drug-likeness (QED) is 0.822. The van der Waals surface area contributed by atoms with E-state index in [-0.39, 0.29) is 6.10 Å². The molecule has 1 fully saturated rings. The number of ether oxygens (including phenoxy) is 1. The topological polar surface area (TPSA) is 64.5 Å². The molecule has 5 nitrogen and oxygen atoms in total. The summed E-state index contributed by atoms with van der Waals surface area (Å²) in [5, 5.41) is 3.89. The molecule has 5 heteroatoms. The highest BCUT2D eigenvalue weighted by Crippen LogP contribution is 2.15. The molecule has 0 radical (unpaired) electrons. The normalized spacial score (nSPS) is 27.2. The van der Waals surface area contributed by atoms with Gasteiger partial charge in [-0.2, -0.15) is 0 Å². The minimum atomic E-state index is 0.285. The van der Waals surface area contributed by atoms with E-state index in [1.165, 1.54) is 0 Å². The molecule has 0 bridgehead atoms. The highest BCUT2D eigenvalue weighted by Gasteiger charge is 2.24. The van der Waals surface area contributed by atoms with E-state index in [0.717, 1.165) is 31.2 Å². The Kier molecular flexibility index (Phi) is 3.58. The lowest BCUT2D eigenvalue weighted by atomic mass is 10.2. The van der Waals surface area contributed by atoms with E-state index >= 15 is 0 Å². The predicted molar refractivity (Wildman–Crippen MR) is 59.7 cm³/mol. The maximum absolute atomic E-state index is 5.58. The molecule has 1 saturated heterocycles. The van der Waals surface area contributed by atoms with Crippen molar-refractivity contribution in [3.8, 4) is 0 Å². The average molecular weight is 225 g/mol. The van der Waals surface area contributed by atoms with Crippen LogP contribution in [0.2, 0.25) is 0 Å². The van der Waals surface area contributed by atoms with Gasteiger partial charge in [-0.1, -0.05) is 5.16 Å². The van der Waals surface area contributed by atoms with Crippen molar-refractivity contribution < 1.29 is 9.26 Å². The van der Waals surface area contributed by atoms with Gasteiger partial charge < -0.3 is 15.0 Å². The van der Waals surface area contributed by atoms with Crippen molar-refractivity contribution in [2.75, 3.05) is 13.2 Å². The molecule has 1 aliphatic heterocycles. The molecular formula is C11H19N3O2. The Bertz CT molecular complexity index is 340. The number of hydrogen-bond donors (Lipinski definition) is 1. The van der Waals surface area contributed by atoms with Crippen molar-refractivity contribution in [2.45, 2.75) is 39.1 Å². The molecule has 2 atom stereocenters. The van der Waals surface area contributed by atoms with Gasteiger partial charge in [0.2, 0.25) is 0 Å². The van der Waals surface area contributed by atoms with Crippen LogP contribution in [-0.2, 0) is 17.8 Å². The number of rotatable bonds is 3. The largest absolute Gasteiger partial charge is 0.376 e. The number of hydrogen-bond acceptors (Lipinski definition) is 5. The Balaban J connectivity index is 1.97. The Hall–Kier alpha value is -0.910. The Morgan fingerprint density at radius 1 is 1.56 bits per heavy atom. The Morgan fingerprint density at radius 2 is 2.38 bits per heavy atom. The summed E-state index contributed by atoms with van der Waals surface area (Å²) >= 11 is 0. The smallest absolute Gasteiger partial charge is 0.151 e. The first kappa shape index (κ1) is 11.6. The molecule has 2 N–H and O–H groups in total. The molecule has 0 aromatic carbocycles. The summed E-state index contributed by atoms with van der Waals surface area (Å²) in [6.07, 6.45) is 0.285. The molecule has 1 aliphatic rings. The fraction of sp³-hybridized carbons (Fsp3) is 0.727. The highest BCUT2D eigenvalue weighted by molar-refractivity contribution is 5.05. The number of nitrogens with zero attached hydrogens (tertiary/aromatic N) is 2. The van der Waals surface area contributed by atoms with Crippen LogP contribution < -0.4 is 5.73 Å². The first-order valence-electron chi connectivity index (χ1n) is 5.69. The van der Waals surface area contributed by atoms with Crippen LogP contribution in [0.3, 0.4) is 0 Å². The summed E-state index contributed by atoms with van der Waals surface area (Å²) < 4.78 is 10.8. The van der Waals surface area contributed by atoms with Gasteiger partial charge in [0.05, 0.1) is 24.9 Å². The first-order valence-corrected chi connectivity index (χ1v) is 5.69. The third-order valence-electron chi connectivity index (χ3n) is 2.91. The summed E-state index contributed by atoms with van der Waals surface area (Å²) in [5.41, 5.74) is 6.30. The lowest BCUT2D eigenvalue weighted by Gasteiger charge is -2.35. The minimum Gasteiger partial charge on any atom is -0.376 e. The van der Waals surface area contributed by atoms with Gasteiger partial charge in [-0.25, -0.2) is 0 Å². The third-order valence-corrected chi connectivity index (χ3v) is 2.91. The molecule has 2 heterocycles. The van der Waals surface area contributed by atoms with E-state index in [9.17, 15) is 0 Å². The van der Waals surface area contributed by atoms with E-state index in [0.29, 0.717) is 12.6 Å². The summed E-state index contributed by atoms with van der Waals surface area (Å²) in [6, 6.07) is 2.34. The molecule has 0 amide bonds. The molecule has 0 saturated carbocycles. The summed E-state index contributed by atoms with van der Waals surface area (Å²) in [4.78, 5) is 2.34. The second-order valence-corrected chi connectivity index (χ2v) is 4.41. The highest BCUT2D eigenvalue weighted by atomic mass is 16.5. The second kappa shape index (κ2) is 4.95. The van der Waals surface area contributed by atoms with Gasteiger partial charge in [0, 0.05) is 25.2 Å². The van der Waals surface area contributed by atoms with E-state index < -0.39 is 0 Å². The van der Waals surface area contributed by atoms with Crippen LogP contribution in [0.15, 0.2) is 10.6 Å². The second-order valence-electron chi connectivity index (χ2n) is 4.41. The predicted octanol–water partition coefficient (Wildman–Crippen LogP) is 0.743. The Morgan fingerprint density at radius 3 is 3.06 bits per heavy atom. The SMILES string of the molecule is CC1CN(Cc2cc(CN)no2)C(C)CO1. The molecule has 1 aromatic rings. The fourth-order valence-electron chi connectivity index (χ4n) is 1.92. The van der Waals surface area contributed by atoms with Crippen molar-refractivity contribution >= 4 is 0 Å². The molecule has 1 aromatic heterocycles. The van der Waals surface area contributed by atoms with Crippen LogP contribution in [-0.4, -0.2) is 35.4 Å². The van der Waals surface area contributed by atoms with Gasteiger partial charge in [0.15, 0.2) is 5.76 Å². The van der Waals surface area contributed by atoms with Crippen molar-refractivity contribution in [2.24, 2.45) is 5.73 Å². The lowest BCUT2D eigenvalue weighted by molar-refractivity contribution is -0.0550. The van der Waals surface area contributed by atoms with Gasteiger partial charge in [-0.15, -0.1) is 0 Å². The molecule has 0 spiro atoms. The van der Waals surface area contributed by atoms with Crippen molar-refractivity contribution in [1.82, 2.24) is 10.1 Å². The maximum atomic E-state index is 5.58. The summed E-state index contributed by atoms with van der Waals surface area (Å²) in [6.45, 7) is 7.16. The molecule has 16 heavy (non-hydrogen) atoms. The van der Waals surface area contributed by atoms with Crippen LogP contribution in [0.5, 0.6) is 0 Å². The van der Waals surface area contributed by atoms with E-state index in [1.807, 2.05) is 6.07 Å². The third kappa shape index (κ3) is 2.61. The van der Waals surface area contributed by atoms with Crippen molar-refractivity contribution in [3.63, 3.8) is 0 Å². The van der Waals surface area contributed by atoms with Gasteiger partial charge in [-0.05, 0) is 13.8 Å². The number of morpholine rings is 1. The average Bonchev–Trinajstić information content (AvgIpc) is 2.71. The van der Waals surface area contributed by atoms with Crippen LogP contribution in [0.4, 0.5) is 0 Å². The maximum Gasteiger partial charge on any atom is 0.151 e. The van der Waals surface area contributed by atoms with Crippen LogP contribution in [0.25, 0.3) is 0 Å². The first-order chi connectivity index (χ1) is 7.69. The van der Waals surface area contributed by atoms with Crippen molar-refractivity contribution in [1.29, 1.82) is 0 Å². The molecule has 0 aliphatic carbocycles. The van der Waals surface area contributed by atoms with Crippen LogP contribution in [0.1, 0.15) is 25.3 Å². The van der Waals surface area contributed by atoms with Crippen LogP contribution in [0, 0.1) is 0 Å². The molecule has 90 valence electrons. The zero-order valence-corrected chi connectivity index (χ0v) is 9.85. The molecular weight excluding hydrogens is 206 g/mol. The van der Waals surface area contributed by atoms with E-state index in [4.69, 9.17) is 15.0 Å². The van der Waals surface area contributed by atoms with E-state index in [1.54, 1.807) is 0 Å². The fourth-order valence-corrected chi connectivity index (χ4v) is 1.92.